The van der Waals surface area contributed by atoms with E-state index in [1.807, 2.05) is 6.07 Å². The molecule has 0 radical (unpaired) electrons. The van der Waals surface area contributed by atoms with Crippen molar-refractivity contribution in [1.82, 2.24) is 4.98 Å². The number of aromatic nitrogens is 1. The van der Waals surface area contributed by atoms with Crippen molar-refractivity contribution < 1.29 is 9.53 Å². The number of pyridine rings is 1. The first-order chi connectivity index (χ1) is 10.8. The van der Waals surface area contributed by atoms with Crippen LogP contribution in [0.3, 0.4) is 0 Å². The number of esters is 1. The third-order valence-electron chi connectivity index (χ3n) is 2.88. The molecule has 2 aromatic rings. The Labute approximate surface area is 125 Å². The molecule has 0 fully saturated rings. The minimum atomic E-state index is -0.516. The van der Waals surface area contributed by atoms with Gasteiger partial charge in [-0.2, -0.15) is 0 Å². The van der Waals surface area contributed by atoms with Crippen molar-refractivity contribution in [2.24, 2.45) is 10.1 Å². The van der Waals surface area contributed by atoms with Gasteiger partial charge in [-0.1, -0.05) is 23.3 Å². The first kappa shape index (κ1) is 13.5. The van der Waals surface area contributed by atoms with Gasteiger partial charge in [0.1, 0.15) is 0 Å². The molecule has 7 heteroatoms. The number of rotatable bonds is 3. The van der Waals surface area contributed by atoms with E-state index in [0.29, 0.717) is 11.3 Å². The lowest BCUT2D eigenvalue weighted by molar-refractivity contribution is -0.129. The molecule has 3 rings (SSSR count). The first-order valence-electron chi connectivity index (χ1n) is 6.34. The van der Waals surface area contributed by atoms with Crippen LogP contribution in [0, 0.1) is 0 Å². The molecule has 1 aromatic heterocycles. The van der Waals surface area contributed by atoms with Crippen LogP contribution in [0.5, 0.6) is 0 Å². The fourth-order valence-electron chi connectivity index (χ4n) is 1.87. The van der Waals surface area contributed by atoms with Crippen molar-refractivity contribution in [2.45, 2.75) is 0 Å². The normalized spacial score (nSPS) is 15.2. The highest BCUT2D eigenvalue weighted by atomic mass is 16.6. The van der Waals surface area contributed by atoms with Crippen LogP contribution in [0.4, 0.5) is 5.69 Å². The van der Waals surface area contributed by atoms with E-state index in [-0.39, 0.29) is 11.6 Å². The fraction of sp³-hybridized carbons (Fsp3) is 0. The van der Waals surface area contributed by atoms with Crippen molar-refractivity contribution in [3.8, 4) is 0 Å². The van der Waals surface area contributed by atoms with E-state index in [0.717, 1.165) is 5.56 Å². The molecule has 0 spiro atoms. The van der Waals surface area contributed by atoms with Gasteiger partial charge in [0, 0.05) is 28.6 Å². The molecule has 1 aliphatic rings. The second-order valence-electron chi connectivity index (χ2n) is 4.36. The number of aliphatic imine (C=N–C) groups is 1. The molecule has 0 saturated carbocycles. The molecule has 0 atom stereocenters. The van der Waals surface area contributed by atoms with Crippen LogP contribution in [0.25, 0.3) is 16.5 Å². The van der Waals surface area contributed by atoms with Gasteiger partial charge in [0.05, 0.1) is 0 Å². The zero-order valence-corrected chi connectivity index (χ0v) is 11.2. The Morgan fingerprint density at radius 1 is 1.23 bits per heavy atom. The van der Waals surface area contributed by atoms with Gasteiger partial charge in [0.25, 0.3) is 0 Å². The van der Waals surface area contributed by atoms with E-state index < -0.39 is 5.97 Å². The minimum Gasteiger partial charge on any atom is -0.402 e. The van der Waals surface area contributed by atoms with Crippen LogP contribution in [0.1, 0.15) is 11.1 Å². The lowest BCUT2D eigenvalue weighted by atomic mass is 10.2. The van der Waals surface area contributed by atoms with Crippen molar-refractivity contribution >= 4 is 23.6 Å². The van der Waals surface area contributed by atoms with Gasteiger partial charge in [0.2, 0.25) is 5.90 Å². The Hall–Kier alpha value is -3.44. The second kappa shape index (κ2) is 5.90. The number of ether oxygens (including phenoxy) is 1. The minimum absolute atomic E-state index is 0.210. The van der Waals surface area contributed by atoms with Crippen LogP contribution in [0.2, 0.25) is 0 Å². The molecule has 22 heavy (non-hydrogen) atoms. The highest BCUT2D eigenvalue weighted by Crippen LogP contribution is 2.20. The zero-order valence-electron chi connectivity index (χ0n) is 11.2. The van der Waals surface area contributed by atoms with Crippen molar-refractivity contribution in [3.05, 3.63) is 76.1 Å². The fourth-order valence-corrected chi connectivity index (χ4v) is 1.87. The Balaban J connectivity index is 1.89. The van der Waals surface area contributed by atoms with Gasteiger partial charge < -0.3 is 4.74 Å². The SMILES string of the molecule is [N-]=[N+]=Nc1ccc(C2=NC(=Cc3cccnc3)C(=O)O2)cc1. The molecule has 0 amide bonds. The topological polar surface area (TPSA) is 100 Å². The van der Waals surface area contributed by atoms with Gasteiger partial charge in [0.15, 0.2) is 5.70 Å². The molecule has 2 heterocycles. The summed E-state index contributed by atoms with van der Waals surface area (Å²) >= 11 is 0. The predicted molar refractivity (Wildman–Crippen MR) is 80.1 cm³/mol. The van der Waals surface area contributed by atoms with Crippen LogP contribution < -0.4 is 0 Å². The average molecular weight is 291 g/mol. The predicted octanol–water partition coefficient (Wildman–Crippen LogP) is 3.37. The number of nitrogens with zero attached hydrogens (tertiary/aromatic N) is 5. The highest BCUT2D eigenvalue weighted by Gasteiger charge is 2.23. The van der Waals surface area contributed by atoms with Gasteiger partial charge >= 0.3 is 5.97 Å². The monoisotopic (exact) mass is 291 g/mol. The number of carbonyl (C=O) groups is 1. The summed E-state index contributed by atoms with van der Waals surface area (Å²) in [5.74, 6) is -0.300. The summed E-state index contributed by atoms with van der Waals surface area (Å²) in [4.78, 5) is 22.7. The largest absolute Gasteiger partial charge is 0.402 e. The van der Waals surface area contributed by atoms with Crippen molar-refractivity contribution in [2.75, 3.05) is 0 Å². The quantitative estimate of drug-likeness (QED) is 0.285. The van der Waals surface area contributed by atoms with E-state index in [9.17, 15) is 4.79 Å². The number of cyclic esters (lactones) is 1. The number of benzene rings is 1. The van der Waals surface area contributed by atoms with E-state index in [1.165, 1.54) is 0 Å². The van der Waals surface area contributed by atoms with Crippen LogP contribution >= 0.6 is 0 Å². The Bertz CT molecular complexity index is 819. The zero-order chi connectivity index (χ0) is 15.4. The number of carbonyl (C=O) groups excluding carboxylic acids is 1. The van der Waals surface area contributed by atoms with Gasteiger partial charge in [-0.15, -0.1) is 0 Å². The molecule has 0 N–H and O–H groups in total. The van der Waals surface area contributed by atoms with E-state index in [2.05, 4.69) is 20.0 Å². The Morgan fingerprint density at radius 2 is 2.05 bits per heavy atom. The number of azide groups is 1. The molecule has 0 saturated heterocycles. The maximum Gasteiger partial charge on any atom is 0.363 e. The lowest BCUT2D eigenvalue weighted by Gasteiger charge is -1.99. The van der Waals surface area contributed by atoms with Crippen LogP contribution in [-0.2, 0) is 9.53 Å². The summed E-state index contributed by atoms with van der Waals surface area (Å²) in [5, 5.41) is 3.47. The van der Waals surface area contributed by atoms with E-state index in [1.54, 1.807) is 48.8 Å². The summed E-state index contributed by atoms with van der Waals surface area (Å²) in [6.45, 7) is 0. The van der Waals surface area contributed by atoms with Gasteiger partial charge in [-0.3, -0.25) is 4.98 Å². The molecule has 1 aromatic carbocycles. The summed E-state index contributed by atoms with van der Waals surface area (Å²) in [5.41, 5.74) is 10.4. The van der Waals surface area contributed by atoms with Crippen molar-refractivity contribution in [3.63, 3.8) is 0 Å². The van der Waals surface area contributed by atoms with Gasteiger partial charge in [-0.05, 0) is 35.4 Å². The molecule has 1 aliphatic heterocycles. The third-order valence-corrected chi connectivity index (χ3v) is 2.88. The third kappa shape index (κ3) is 2.84. The molecular weight excluding hydrogens is 282 g/mol. The summed E-state index contributed by atoms with van der Waals surface area (Å²) in [6, 6.07) is 10.2. The maximum atomic E-state index is 11.8. The smallest absolute Gasteiger partial charge is 0.363 e. The van der Waals surface area contributed by atoms with Crippen molar-refractivity contribution in [1.29, 1.82) is 0 Å². The Kier molecular flexibility index (Phi) is 3.63. The van der Waals surface area contributed by atoms with Gasteiger partial charge in [-0.25, -0.2) is 9.79 Å². The summed E-state index contributed by atoms with van der Waals surface area (Å²) in [7, 11) is 0. The lowest BCUT2D eigenvalue weighted by Crippen LogP contribution is -2.05. The summed E-state index contributed by atoms with van der Waals surface area (Å²) in [6.07, 6.45) is 4.88. The molecule has 0 aliphatic carbocycles. The Morgan fingerprint density at radius 3 is 2.73 bits per heavy atom. The van der Waals surface area contributed by atoms with Crippen LogP contribution in [-0.4, -0.2) is 16.9 Å². The molecular formula is C15H9N5O2. The maximum absolute atomic E-state index is 11.8. The highest BCUT2D eigenvalue weighted by molar-refractivity contribution is 6.12. The molecule has 106 valence electrons. The second-order valence-corrected chi connectivity index (χ2v) is 4.36. The molecule has 7 nitrogen and oxygen atoms in total. The summed E-state index contributed by atoms with van der Waals surface area (Å²) < 4.78 is 5.15. The average Bonchev–Trinajstić information content (AvgIpc) is 2.90. The number of hydrogen-bond acceptors (Lipinski definition) is 5. The number of hydrogen-bond donors (Lipinski definition) is 0. The molecule has 0 unspecified atom stereocenters. The molecule has 0 bridgehead atoms. The first-order valence-corrected chi connectivity index (χ1v) is 6.34. The standard InChI is InChI=1S/C15H9N5O2/c16-20-19-12-5-3-11(4-6-12)14-18-13(15(21)22-14)8-10-2-1-7-17-9-10/h1-9H. The van der Waals surface area contributed by atoms with E-state index >= 15 is 0 Å². The van der Waals surface area contributed by atoms with Crippen LogP contribution in [0.15, 0.2) is 64.6 Å². The van der Waals surface area contributed by atoms with E-state index in [4.69, 9.17) is 10.3 Å².